The van der Waals surface area contributed by atoms with E-state index >= 15 is 0 Å². The van der Waals surface area contributed by atoms with Crippen LogP contribution in [0.3, 0.4) is 0 Å². The lowest BCUT2D eigenvalue weighted by Gasteiger charge is -2.23. The molecule has 1 unspecified atom stereocenters. The summed E-state index contributed by atoms with van der Waals surface area (Å²) in [5, 5.41) is 2.93. The minimum atomic E-state index is -0.536. The van der Waals surface area contributed by atoms with Crippen LogP contribution in [0, 0.1) is 5.82 Å². The molecule has 3 rings (SSSR count). The normalized spacial score (nSPS) is 17.4. The molecule has 2 aromatic rings. The smallest absolute Gasteiger partial charge is 0.318 e. The first-order chi connectivity index (χ1) is 11.6. The van der Waals surface area contributed by atoms with Crippen LogP contribution in [0.15, 0.2) is 54.6 Å². The van der Waals surface area contributed by atoms with Crippen molar-refractivity contribution in [1.29, 1.82) is 0 Å². The van der Waals surface area contributed by atoms with Gasteiger partial charge in [0, 0.05) is 11.6 Å². The molecule has 0 saturated carbocycles. The van der Waals surface area contributed by atoms with Crippen LogP contribution in [0.1, 0.15) is 18.4 Å². The number of likely N-dealkylation sites (tertiary alicyclic amines) is 1. The predicted octanol–water partition coefficient (Wildman–Crippen LogP) is 5.19. The number of hydrogen-bond acceptors (Lipinski definition) is 1. The van der Waals surface area contributed by atoms with Gasteiger partial charge >= 0.3 is 6.03 Å². The van der Waals surface area contributed by atoms with E-state index in [9.17, 15) is 9.18 Å². The molecule has 5 heteroatoms. The summed E-state index contributed by atoms with van der Waals surface area (Å²) < 4.78 is 13.8. The molecular weight excluding hydrogens is 327 g/mol. The van der Waals surface area contributed by atoms with Gasteiger partial charge in [0.05, 0.1) is 11.7 Å². The largest absolute Gasteiger partial charge is 0.322 e. The molecule has 0 bridgehead atoms. The lowest BCUT2D eigenvalue weighted by Crippen LogP contribution is -2.37. The summed E-state index contributed by atoms with van der Waals surface area (Å²) in [4.78, 5) is 14.2. The predicted molar refractivity (Wildman–Crippen MR) is 95.6 cm³/mol. The van der Waals surface area contributed by atoms with E-state index < -0.39 is 5.82 Å². The second kappa shape index (κ2) is 7.49. The molecule has 124 valence electrons. The van der Waals surface area contributed by atoms with Crippen molar-refractivity contribution >= 4 is 29.4 Å². The van der Waals surface area contributed by atoms with Gasteiger partial charge in [-0.3, -0.25) is 0 Å². The highest BCUT2D eigenvalue weighted by atomic mass is 35.5. The molecule has 1 saturated heterocycles. The van der Waals surface area contributed by atoms with E-state index in [0.29, 0.717) is 11.6 Å². The Morgan fingerprint density at radius 2 is 2.04 bits per heavy atom. The highest BCUT2D eigenvalue weighted by molar-refractivity contribution is 6.30. The quantitative estimate of drug-likeness (QED) is 0.816. The van der Waals surface area contributed by atoms with Crippen molar-refractivity contribution in [3.05, 3.63) is 71.0 Å². The standard InChI is InChI=1S/C19H18ClFN2O/c20-15-9-11-18(17(21)13-15)22-19(24)23-12-4-7-16(23)10-8-14-5-2-1-3-6-14/h1-3,5-6,8-11,13,16H,4,7,12H2,(H,22,24)/b10-8+. The molecule has 1 aliphatic heterocycles. The first-order valence-electron chi connectivity index (χ1n) is 7.89. The van der Waals surface area contributed by atoms with Crippen molar-refractivity contribution in [2.45, 2.75) is 18.9 Å². The average Bonchev–Trinajstić information content (AvgIpc) is 3.05. The number of rotatable bonds is 3. The summed E-state index contributed by atoms with van der Waals surface area (Å²) in [6.45, 7) is 0.658. The van der Waals surface area contributed by atoms with E-state index in [2.05, 4.69) is 5.32 Å². The minimum absolute atomic E-state index is 0.0144. The maximum atomic E-state index is 13.8. The summed E-state index contributed by atoms with van der Waals surface area (Å²) in [6, 6.07) is 13.9. The number of benzene rings is 2. The number of urea groups is 1. The molecule has 1 atom stereocenters. The Morgan fingerprint density at radius 1 is 1.25 bits per heavy atom. The lowest BCUT2D eigenvalue weighted by molar-refractivity contribution is 0.214. The third-order valence-corrected chi connectivity index (χ3v) is 4.28. The fourth-order valence-electron chi connectivity index (χ4n) is 2.81. The van der Waals surface area contributed by atoms with Gasteiger partial charge < -0.3 is 10.2 Å². The molecule has 1 fully saturated rings. The maximum Gasteiger partial charge on any atom is 0.322 e. The van der Waals surface area contributed by atoms with Crippen molar-refractivity contribution in [1.82, 2.24) is 4.90 Å². The van der Waals surface area contributed by atoms with Crippen molar-refractivity contribution in [3.8, 4) is 0 Å². The average molecular weight is 345 g/mol. The van der Waals surface area contributed by atoms with Gasteiger partial charge in [0.1, 0.15) is 5.82 Å². The highest BCUT2D eigenvalue weighted by Gasteiger charge is 2.27. The molecule has 3 nitrogen and oxygen atoms in total. The molecule has 0 aromatic heterocycles. The van der Waals surface area contributed by atoms with Crippen LogP contribution in [0.25, 0.3) is 6.08 Å². The zero-order valence-corrected chi connectivity index (χ0v) is 13.8. The van der Waals surface area contributed by atoms with Crippen LogP contribution in [0.2, 0.25) is 5.02 Å². The lowest BCUT2D eigenvalue weighted by atomic mass is 10.1. The van der Waals surface area contributed by atoms with Gasteiger partial charge in [-0.1, -0.05) is 54.1 Å². The Hall–Kier alpha value is -2.33. The SMILES string of the molecule is O=C(Nc1ccc(Cl)cc1F)N1CCCC1/C=C/c1ccccc1. The van der Waals surface area contributed by atoms with E-state index in [-0.39, 0.29) is 17.8 Å². The van der Waals surface area contributed by atoms with Crippen LogP contribution in [0.5, 0.6) is 0 Å². The van der Waals surface area contributed by atoms with Gasteiger partial charge in [0.2, 0.25) is 0 Å². The van der Waals surface area contributed by atoms with Gasteiger partial charge in [-0.05, 0) is 36.6 Å². The van der Waals surface area contributed by atoms with Crippen LogP contribution in [0.4, 0.5) is 14.9 Å². The third kappa shape index (κ3) is 3.95. The van der Waals surface area contributed by atoms with Gasteiger partial charge in [-0.15, -0.1) is 0 Å². The molecule has 1 aliphatic rings. The number of amides is 2. The topological polar surface area (TPSA) is 32.3 Å². The summed E-state index contributed by atoms with van der Waals surface area (Å²) >= 11 is 5.73. The molecular formula is C19H18ClFN2O. The number of carbonyl (C=O) groups excluding carboxylic acids is 1. The Balaban J connectivity index is 1.68. The van der Waals surface area contributed by atoms with E-state index in [1.54, 1.807) is 11.0 Å². The first kappa shape index (κ1) is 16.5. The molecule has 1 N–H and O–H groups in total. The Labute approximate surface area is 145 Å². The third-order valence-electron chi connectivity index (χ3n) is 4.04. The van der Waals surface area contributed by atoms with Crippen LogP contribution in [-0.2, 0) is 0 Å². The number of nitrogens with zero attached hydrogens (tertiary/aromatic N) is 1. The van der Waals surface area contributed by atoms with Crippen molar-refractivity contribution in [2.24, 2.45) is 0 Å². The zero-order valence-electron chi connectivity index (χ0n) is 13.1. The monoisotopic (exact) mass is 344 g/mol. The van der Waals surface area contributed by atoms with Gasteiger partial charge in [-0.2, -0.15) is 0 Å². The molecule has 0 spiro atoms. The Morgan fingerprint density at radius 3 is 2.79 bits per heavy atom. The summed E-state index contributed by atoms with van der Waals surface area (Å²) in [7, 11) is 0. The fourth-order valence-corrected chi connectivity index (χ4v) is 2.97. The van der Waals surface area contributed by atoms with E-state index in [1.165, 1.54) is 12.1 Å². The number of anilines is 1. The summed E-state index contributed by atoms with van der Waals surface area (Å²) in [6.07, 6.45) is 5.87. The van der Waals surface area contributed by atoms with E-state index in [4.69, 9.17) is 11.6 Å². The summed E-state index contributed by atoms with van der Waals surface area (Å²) in [5.74, 6) is -0.536. The summed E-state index contributed by atoms with van der Waals surface area (Å²) in [5.41, 5.74) is 1.23. The fraction of sp³-hybridized carbons (Fsp3) is 0.211. The minimum Gasteiger partial charge on any atom is -0.318 e. The maximum absolute atomic E-state index is 13.8. The number of hydrogen-bond donors (Lipinski definition) is 1. The van der Waals surface area contributed by atoms with Crippen molar-refractivity contribution < 1.29 is 9.18 Å². The van der Waals surface area contributed by atoms with E-state index in [0.717, 1.165) is 18.4 Å². The molecule has 1 heterocycles. The van der Waals surface area contributed by atoms with Crippen LogP contribution in [-0.4, -0.2) is 23.5 Å². The molecule has 0 aliphatic carbocycles. The van der Waals surface area contributed by atoms with Crippen LogP contribution < -0.4 is 5.32 Å². The first-order valence-corrected chi connectivity index (χ1v) is 8.27. The van der Waals surface area contributed by atoms with Crippen molar-refractivity contribution in [3.63, 3.8) is 0 Å². The van der Waals surface area contributed by atoms with E-state index in [1.807, 2.05) is 42.5 Å². The molecule has 24 heavy (non-hydrogen) atoms. The number of nitrogens with one attached hydrogen (secondary N) is 1. The molecule has 2 aromatic carbocycles. The zero-order chi connectivity index (χ0) is 16.9. The Kier molecular flexibility index (Phi) is 5.16. The number of carbonyl (C=O) groups is 1. The van der Waals surface area contributed by atoms with Crippen molar-refractivity contribution in [2.75, 3.05) is 11.9 Å². The van der Waals surface area contributed by atoms with Gasteiger partial charge in [0.25, 0.3) is 0 Å². The Bertz CT molecular complexity index is 748. The highest BCUT2D eigenvalue weighted by Crippen LogP contribution is 2.23. The molecule has 0 radical (unpaired) electrons. The second-order valence-electron chi connectivity index (χ2n) is 5.73. The number of halogens is 2. The van der Waals surface area contributed by atoms with Crippen LogP contribution >= 0.6 is 11.6 Å². The van der Waals surface area contributed by atoms with Gasteiger partial charge in [-0.25, -0.2) is 9.18 Å². The van der Waals surface area contributed by atoms with Gasteiger partial charge in [0.15, 0.2) is 0 Å². The molecule has 2 amide bonds. The second-order valence-corrected chi connectivity index (χ2v) is 6.16.